The molecule has 50 heavy (non-hydrogen) atoms. The summed E-state index contributed by atoms with van der Waals surface area (Å²) in [5.74, 6) is -0.556. The number of hydrogen-bond donors (Lipinski definition) is 1. The molecule has 0 aliphatic heterocycles. The minimum Gasteiger partial charge on any atom is -0.492 e. The molecule has 4 aromatic carbocycles. The van der Waals surface area contributed by atoms with Crippen LogP contribution in [-0.2, 0) is 32.6 Å². The van der Waals surface area contributed by atoms with Crippen molar-refractivity contribution in [3.8, 4) is 5.75 Å². The molecule has 2 amide bonds. The van der Waals surface area contributed by atoms with Gasteiger partial charge in [-0.15, -0.1) is 0 Å². The number of para-hydroxylation sites is 2. The van der Waals surface area contributed by atoms with Crippen LogP contribution in [0.15, 0.2) is 102 Å². The van der Waals surface area contributed by atoms with Crippen molar-refractivity contribution in [1.29, 1.82) is 0 Å². The van der Waals surface area contributed by atoms with Crippen LogP contribution in [-0.4, -0.2) is 50.4 Å². The van der Waals surface area contributed by atoms with Gasteiger partial charge in [-0.1, -0.05) is 109 Å². The van der Waals surface area contributed by atoms with Crippen molar-refractivity contribution in [1.82, 2.24) is 10.2 Å². The van der Waals surface area contributed by atoms with Gasteiger partial charge in [0, 0.05) is 19.0 Å². The Morgan fingerprint density at radius 3 is 2.22 bits per heavy atom. The summed E-state index contributed by atoms with van der Waals surface area (Å²) in [6.07, 6.45) is 5.10. The summed E-state index contributed by atoms with van der Waals surface area (Å²) in [5, 5.41) is 3.88. The van der Waals surface area contributed by atoms with Gasteiger partial charge in [0.25, 0.3) is 10.0 Å². The molecule has 0 aromatic heterocycles. The van der Waals surface area contributed by atoms with Gasteiger partial charge < -0.3 is 15.0 Å². The zero-order valence-electron chi connectivity index (χ0n) is 28.4. The quantitative estimate of drug-likeness (QED) is 0.142. The number of ether oxygens (including phenoxy) is 1. The Hall–Kier alpha value is -4.05. The first-order valence-corrected chi connectivity index (χ1v) is 19.2. The Morgan fingerprint density at radius 1 is 0.860 bits per heavy atom. The Balaban J connectivity index is 1.60. The number of nitrogens with zero attached hydrogens (tertiary/aromatic N) is 2. The molecule has 1 saturated carbocycles. The minimum absolute atomic E-state index is 0.00654. The van der Waals surface area contributed by atoms with E-state index in [0.29, 0.717) is 21.4 Å². The number of halogens is 2. The van der Waals surface area contributed by atoms with Crippen LogP contribution in [0.1, 0.15) is 55.7 Å². The zero-order valence-corrected chi connectivity index (χ0v) is 30.7. The number of benzene rings is 4. The second-order valence-corrected chi connectivity index (χ2v) is 15.2. The van der Waals surface area contributed by atoms with E-state index in [-0.39, 0.29) is 42.1 Å². The summed E-state index contributed by atoms with van der Waals surface area (Å²) in [4.78, 5) is 30.7. The fourth-order valence-electron chi connectivity index (χ4n) is 6.22. The number of rotatable bonds is 14. The van der Waals surface area contributed by atoms with E-state index in [2.05, 4.69) is 5.32 Å². The van der Waals surface area contributed by atoms with E-state index in [1.165, 1.54) is 17.0 Å². The number of amides is 2. The molecule has 1 atom stereocenters. The average Bonchev–Trinajstić information content (AvgIpc) is 3.11. The second kappa shape index (κ2) is 17.2. The zero-order chi connectivity index (χ0) is 35.7. The molecule has 11 heteroatoms. The summed E-state index contributed by atoms with van der Waals surface area (Å²) in [5.41, 5.74) is 2.60. The molecule has 8 nitrogen and oxygen atoms in total. The first kappa shape index (κ1) is 37.2. The van der Waals surface area contributed by atoms with Gasteiger partial charge in [0.1, 0.15) is 18.3 Å². The van der Waals surface area contributed by atoms with Crippen LogP contribution in [0.3, 0.4) is 0 Å². The Labute approximate surface area is 305 Å². The van der Waals surface area contributed by atoms with Gasteiger partial charge in [-0.2, -0.15) is 0 Å². The van der Waals surface area contributed by atoms with E-state index in [9.17, 15) is 18.0 Å². The third kappa shape index (κ3) is 9.38. The lowest BCUT2D eigenvalue weighted by Gasteiger charge is -2.35. The third-order valence-corrected chi connectivity index (χ3v) is 11.4. The lowest BCUT2D eigenvalue weighted by atomic mass is 9.94. The third-order valence-electron chi connectivity index (χ3n) is 8.88. The standard InChI is InChI=1S/C39H43Cl2N3O5S/c1-3-49-37-17-11-10-16-35(37)44(50(47,48)32-21-18-28(2)19-22-32)27-38(45)43(26-30-20-23-33(40)34(41)24-30)36(25-29-12-6-4-7-13-29)39(46)42-31-14-8-5-9-15-31/h4,6-7,10-13,16-24,31,36H,3,5,8-9,14-15,25-27H2,1-2H3,(H,42,46)/t36-/m0/s1. The normalized spacial score (nSPS) is 14.1. The maximum atomic E-state index is 14.9. The number of aryl methyl sites for hydroxylation is 1. The summed E-state index contributed by atoms with van der Waals surface area (Å²) in [6.45, 7) is 3.35. The highest BCUT2D eigenvalue weighted by Gasteiger charge is 2.36. The van der Waals surface area contributed by atoms with Gasteiger partial charge in [-0.25, -0.2) is 8.42 Å². The monoisotopic (exact) mass is 735 g/mol. The first-order chi connectivity index (χ1) is 24.1. The van der Waals surface area contributed by atoms with E-state index < -0.39 is 28.5 Å². The van der Waals surface area contributed by atoms with E-state index in [0.717, 1.165) is 47.5 Å². The van der Waals surface area contributed by atoms with Crippen molar-refractivity contribution in [2.75, 3.05) is 17.5 Å². The van der Waals surface area contributed by atoms with Gasteiger partial charge in [-0.3, -0.25) is 13.9 Å². The molecule has 1 aliphatic carbocycles. The molecule has 0 saturated heterocycles. The summed E-state index contributed by atoms with van der Waals surface area (Å²) in [7, 11) is -4.29. The molecule has 4 aromatic rings. The Morgan fingerprint density at radius 2 is 1.54 bits per heavy atom. The van der Waals surface area contributed by atoms with E-state index in [1.54, 1.807) is 61.5 Å². The number of sulfonamides is 1. The Bertz CT molecular complexity index is 1870. The molecule has 264 valence electrons. The van der Waals surface area contributed by atoms with Gasteiger partial charge in [0.05, 0.1) is 27.2 Å². The topological polar surface area (TPSA) is 96.0 Å². The van der Waals surface area contributed by atoms with Crippen molar-refractivity contribution in [2.24, 2.45) is 0 Å². The predicted octanol–water partition coefficient (Wildman–Crippen LogP) is 7.98. The highest BCUT2D eigenvalue weighted by molar-refractivity contribution is 7.92. The summed E-state index contributed by atoms with van der Waals surface area (Å²) >= 11 is 12.7. The number of anilines is 1. The molecular formula is C39H43Cl2N3O5S. The SMILES string of the molecule is CCOc1ccccc1N(CC(=O)N(Cc1ccc(Cl)c(Cl)c1)[C@@H](Cc1ccccc1)C(=O)NC1CCCCC1)S(=O)(=O)c1ccc(C)cc1. The molecule has 0 heterocycles. The number of hydrogen-bond acceptors (Lipinski definition) is 5. The van der Waals surface area contributed by atoms with Crippen LogP contribution >= 0.6 is 23.2 Å². The molecule has 0 radical (unpaired) electrons. The van der Waals surface area contributed by atoms with Gasteiger partial charge in [-0.05, 0) is 74.2 Å². The fraction of sp³-hybridized carbons (Fsp3) is 0.333. The number of nitrogens with one attached hydrogen (secondary N) is 1. The summed E-state index contributed by atoms with van der Waals surface area (Å²) in [6, 6.07) is 26.8. The van der Waals surface area contributed by atoms with E-state index in [4.69, 9.17) is 27.9 Å². The van der Waals surface area contributed by atoms with Gasteiger partial charge in [0.2, 0.25) is 11.8 Å². The lowest BCUT2D eigenvalue weighted by Crippen LogP contribution is -2.55. The van der Waals surface area contributed by atoms with Gasteiger partial charge in [0.15, 0.2) is 0 Å². The maximum absolute atomic E-state index is 14.9. The first-order valence-electron chi connectivity index (χ1n) is 17.0. The molecule has 1 N–H and O–H groups in total. The summed E-state index contributed by atoms with van der Waals surface area (Å²) < 4.78 is 35.8. The smallest absolute Gasteiger partial charge is 0.264 e. The fourth-order valence-corrected chi connectivity index (χ4v) is 7.97. The van der Waals surface area contributed by atoms with Crippen LogP contribution in [0.5, 0.6) is 5.75 Å². The second-order valence-electron chi connectivity index (χ2n) is 12.5. The van der Waals surface area contributed by atoms with Gasteiger partial charge >= 0.3 is 0 Å². The lowest BCUT2D eigenvalue weighted by molar-refractivity contribution is -0.140. The molecule has 0 bridgehead atoms. The Kier molecular flexibility index (Phi) is 12.8. The molecule has 1 aliphatic rings. The largest absolute Gasteiger partial charge is 0.492 e. The van der Waals surface area contributed by atoms with E-state index in [1.807, 2.05) is 37.3 Å². The average molecular weight is 737 g/mol. The van der Waals surface area contributed by atoms with Crippen molar-refractivity contribution in [3.63, 3.8) is 0 Å². The maximum Gasteiger partial charge on any atom is 0.264 e. The molecule has 5 rings (SSSR count). The van der Waals surface area contributed by atoms with Crippen LogP contribution in [0.25, 0.3) is 0 Å². The van der Waals surface area contributed by atoms with Crippen molar-refractivity contribution < 1.29 is 22.7 Å². The van der Waals surface area contributed by atoms with Crippen LogP contribution in [0, 0.1) is 6.92 Å². The highest BCUT2D eigenvalue weighted by Crippen LogP contribution is 2.33. The minimum atomic E-state index is -4.29. The predicted molar refractivity (Wildman–Crippen MR) is 199 cm³/mol. The highest BCUT2D eigenvalue weighted by atomic mass is 35.5. The number of carbonyl (C=O) groups is 2. The van der Waals surface area contributed by atoms with Crippen molar-refractivity contribution in [2.45, 2.75) is 75.9 Å². The number of carbonyl (C=O) groups excluding carboxylic acids is 2. The molecule has 0 spiro atoms. The van der Waals surface area contributed by atoms with Crippen LogP contribution in [0.4, 0.5) is 5.69 Å². The molecule has 1 fully saturated rings. The molecule has 0 unspecified atom stereocenters. The van der Waals surface area contributed by atoms with Crippen molar-refractivity contribution in [3.05, 3.63) is 124 Å². The van der Waals surface area contributed by atoms with E-state index >= 15 is 0 Å². The van der Waals surface area contributed by atoms with Crippen LogP contribution in [0.2, 0.25) is 10.0 Å². The molecular weight excluding hydrogens is 693 g/mol. The van der Waals surface area contributed by atoms with Crippen LogP contribution < -0.4 is 14.4 Å². The van der Waals surface area contributed by atoms with Crippen molar-refractivity contribution >= 4 is 50.7 Å².